The topological polar surface area (TPSA) is 70.4 Å². The van der Waals surface area contributed by atoms with Crippen LogP contribution in [-0.4, -0.2) is 45.5 Å². The minimum atomic E-state index is -0.297. The zero-order valence-corrected chi connectivity index (χ0v) is 14.9. The van der Waals surface area contributed by atoms with Crippen molar-refractivity contribution >= 4 is 6.03 Å². The third-order valence-corrected chi connectivity index (χ3v) is 4.08. The normalized spacial score (nSPS) is 12.0. The predicted molar refractivity (Wildman–Crippen MR) is 94.2 cm³/mol. The minimum absolute atomic E-state index is 0.0661. The molecule has 1 aromatic heterocycles. The first-order valence-corrected chi connectivity index (χ1v) is 8.44. The Morgan fingerprint density at radius 2 is 2.04 bits per heavy atom. The quantitative estimate of drug-likeness (QED) is 0.808. The van der Waals surface area contributed by atoms with Crippen molar-refractivity contribution in [2.24, 2.45) is 0 Å². The van der Waals surface area contributed by atoms with Crippen LogP contribution in [0.15, 0.2) is 30.5 Å². The number of carbonyl (C=O) groups excluding carboxylic acids is 1. The number of hydrogen-bond donors (Lipinski definition) is 2. The summed E-state index contributed by atoms with van der Waals surface area (Å²) >= 11 is 0. The van der Waals surface area contributed by atoms with Crippen LogP contribution in [0.25, 0.3) is 5.69 Å². The monoisotopic (exact) mass is 348 g/mol. The molecule has 0 aliphatic carbocycles. The van der Waals surface area contributed by atoms with Gasteiger partial charge < -0.3 is 15.3 Å². The van der Waals surface area contributed by atoms with Crippen LogP contribution in [0, 0.1) is 12.7 Å². The first kappa shape index (κ1) is 18.9. The number of hydrogen-bond acceptors (Lipinski definition) is 3. The van der Waals surface area contributed by atoms with Gasteiger partial charge in [0.05, 0.1) is 24.5 Å². The summed E-state index contributed by atoms with van der Waals surface area (Å²) in [5, 5.41) is 16.4. The van der Waals surface area contributed by atoms with Crippen LogP contribution in [0.1, 0.15) is 37.6 Å². The second kappa shape index (κ2) is 8.62. The Hall–Kier alpha value is -2.41. The molecule has 0 spiro atoms. The van der Waals surface area contributed by atoms with Gasteiger partial charge in [-0.25, -0.2) is 13.9 Å². The Morgan fingerprint density at radius 3 is 2.64 bits per heavy atom. The molecule has 0 fully saturated rings. The molecular weight excluding hydrogens is 323 g/mol. The van der Waals surface area contributed by atoms with Crippen molar-refractivity contribution in [3.63, 3.8) is 0 Å². The maximum atomic E-state index is 13.1. The van der Waals surface area contributed by atoms with E-state index in [4.69, 9.17) is 5.11 Å². The fourth-order valence-electron chi connectivity index (χ4n) is 2.75. The number of amides is 2. The molecule has 1 unspecified atom stereocenters. The van der Waals surface area contributed by atoms with E-state index in [1.807, 2.05) is 20.8 Å². The molecule has 1 heterocycles. The highest BCUT2D eigenvalue weighted by atomic mass is 19.1. The molecule has 0 radical (unpaired) electrons. The number of rotatable bonds is 7. The van der Waals surface area contributed by atoms with E-state index in [2.05, 4.69) is 10.4 Å². The summed E-state index contributed by atoms with van der Waals surface area (Å²) in [6, 6.07) is 5.65. The average molecular weight is 348 g/mol. The maximum absolute atomic E-state index is 13.1. The Bertz CT molecular complexity index is 694. The number of halogens is 1. The molecule has 0 aliphatic heterocycles. The van der Waals surface area contributed by atoms with Gasteiger partial charge in [0.25, 0.3) is 0 Å². The fraction of sp³-hybridized carbons (Fsp3) is 0.444. The summed E-state index contributed by atoms with van der Waals surface area (Å²) in [6.07, 6.45) is 2.53. The van der Waals surface area contributed by atoms with Crippen LogP contribution in [0.3, 0.4) is 0 Å². The molecule has 6 nitrogen and oxygen atoms in total. The zero-order valence-electron chi connectivity index (χ0n) is 14.9. The smallest absolute Gasteiger partial charge is 0.317 e. The van der Waals surface area contributed by atoms with Crippen molar-refractivity contribution in [3.05, 3.63) is 47.5 Å². The Labute approximate surface area is 147 Å². The predicted octanol–water partition coefficient (Wildman–Crippen LogP) is 2.79. The standard InChI is InChI=1S/C18H25FN4O2/c1-4-9-22(10-11-24)18(25)21-13(2)17-12-20-23(14(17)3)16-7-5-15(19)6-8-16/h5-8,12-13,24H,4,9-11H2,1-3H3,(H,21,25). The average Bonchev–Trinajstić information content (AvgIpc) is 2.97. The molecule has 2 aromatic rings. The van der Waals surface area contributed by atoms with Gasteiger partial charge in [0.2, 0.25) is 0 Å². The van der Waals surface area contributed by atoms with Crippen LogP contribution in [0.2, 0.25) is 0 Å². The molecule has 2 amide bonds. The Kier molecular flexibility index (Phi) is 6.52. The third-order valence-electron chi connectivity index (χ3n) is 4.08. The van der Waals surface area contributed by atoms with E-state index in [0.717, 1.165) is 23.4 Å². The van der Waals surface area contributed by atoms with Crippen molar-refractivity contribution < 1.29 is 14.3 Å². The molecule has 2 N–H and O–H groups in total. The number of benzene rings is 1. The van der Waals surface area contributed by atoms with Crippen molar-refractivity contribution in [2.45, 2.75) is 33.2 Å². The largest absolute Gasteiger partial charge is 0.395 e. The number of aromatic nitrogens is 2. The summed E-state index contributed by atoms with van der Waals surface area (Å²) in [6.45, 7) is 6.61. The molecular formula is C18H25FN4O2. The number of urea groups is 1. The second-order valence-electron chi connectivity index (χ2n) is 5.96. The van der Waals surface area contributed by atoms with E-state index in [-0.39, 0.29) is 24.5 Å². The van der Waals surface area contributed by atoms with E-state index < -0.39 is 0 Å². The van der Waals surface area contributed by atoms with Crippen molar-refractivity contribution in [1.82, 2.24) is 20.0 Å². The number of nitrogens with zero attached hydrogens (tertiary/aromatic N) is 3. The van der Waals surface area contributed by atoms with Crippen molar-refractivity contribution in [1.29, 1.82) is 0 Å². The van der Waals surface area contributed by atoms with Crippen LogP contribution >= 0.6 is 0 Å². The first-order valence-electron chi connectivity index (χ1n) is 8.44. The lowest BCUT2D eigenvalue weighted by Gasteiger charge is -2.24. The lowest BCUT2D eigenvalue weighted by atomic mass is 10.1. The second-order valence-corrected chi connectivity index (χ2v) is 5.96. The Morgan fingerprint density at radius 1 is 1.36 bits per heavy atom. The fourth-order valence-corrected chi connectivity index (χ4v) is 2.75. The summed E-state index contributed by atoms with van der Waals surface area (Å²) in [4.78, 5) is 14.0. The van der Waals surface area contributed by atoms with Gasteiger partial charge >= 0.3 is 6.03 Å². The van der Waals surface area contributed by atoms with Crippen LogP contribution in [0.5, 0.6) is 0 Å². The van der Waals surface area contributed by atoms with E-state index >= 15 is 0 Å². The molecule has 2 rings (SSSR count). The number of aliphatic hydroxyl groups is 1. The number of nitrogens with one attached hydrogen (secondary N) is 1. The van der Waals surface area contributed by atoms with Gasteiger partial charge in [0, 0.05) is 24.3 Å². The van der Waals surface area contributed by atoms with E-state index in [1.165, 1.54) is 12.1 Å². The molecule has 0 saturated carbocycles. The summed E-state index contributed by atoms with van der Waals surface area (Å²) in [5.41, 5.74) is 2.53. The lowest BCUT2D eigenvalue weighted by Crippen LogP contribution is -2.42. The molecule has 1 aromatic carbocycles. The molecule has 25 heavy (non-hydrogen) atoms. The van der Waals surface area contributed by atoms with Gasteiger partial charge in [-0.15, -0.1) is 0 Å². The van der Waals surface area contributed by atoms with Gasteiger partial charge in [-0.05, 0) is 44.5 Å². The molecule has 136 valence electrons. The van der Waals surface area contributed by atoms with E-state index in [0.29, 0.717) is 13.1 Å². The third kappa shape index (κ3) is 4.57. The zero-order chi connectivity index (χ0) is 18.4. The van der Waals surface area contributed by atoms with Gasteiger partial charge in [0.1, 0.15) is 5.82 Å². The van der Waals surface area contributed by atoms with Gasteiger partial charge in [0.15, 0.2) is 0 Å². The SMILES string of the molecule is CCCN(CCO)C(=O)NC(C)c1cnn(-c2ccc(F)cc2)c1C. The Balaban J connectivity index is 2.13. The van der Waals surface area contributed by atoms with Crippen molar-refractivity contribution in [2.75, 3.05) is 19.7 Å². The van der Waals surface area contributed by atoms with Gasteiger partial charge in [-0.1, -0.05) is 6.92 Å². The van der Waals surface area contributed by atoms with Crippen LogP contribution in [0.4, 0.5) is 9.18 Å². The van der Waals surface area contributed by atoms with Crippen LogP contribution < -0.4 is 5.32 Å². The molecule has 0 bridgehead atoms. The highest BCUT2D eigenvalue weighted by Crippen LogP contribution is 2.20. The molecule has 7 heteroatoms. The molecule has 0 aliphatic rings. The van der Waals surface area contributed by atoms with E-state index in [9.17, 15) is 9.18 Å². The summed E-state index contributed by atoms with van der Waals surface area (Å²) in [7, 11) is 0. The first-order chi connectivity index (χ1) is 12.0. The summed E-state index contributed by atoms with van der Waals surface area (Å²) < 4.78 is 14.8. The highest BCUT2D eigenvalue weighted by molar-refractivity contribution is 5.74. The molecule has 1 atom stereocenters. The van der Waals surface area contributed by atoms with Crippen molar-refractivity contribution in [3.8, 4) is 5.69 Å². The number of aliphatic hydroxyl groups excluding tert-OH is 1. The van der Waals surface area contributed by atoms with Crippen LogP contribution in [-0.2, 0) is 0 Å². The minimum Gasteiger partial charge on any atom is -0.395 e. The van der Waals surface area contributed by atoms with Gasteiger partial charge in [-0.3, -0.25) is 0 Å². The lowest BCUT2D eigenvalue weighted by molar-refractivity contribution is 0.174. The molecule has 0 saturated heterocycles. The highest BCUT2D eigenvalue weighted by Gasteiger charge is 2.19. The van der Waals surface area contributed by atoms with E-state index in [1.54, 1.807) is 27.9 Å². The maximum Gasteiger partial charge on any atom is 0.317 e. The summed E-state index contributed by atoms with van der Waals surface area (Å²) in [5.74, 6) is -0.297. The number of carbonyl (C=O) groups is 1. The van der Waals surface area contributed by atoms with Gasteiger partial charge in [-0.2, -0.15) is 5.10 Å².